The van der Waals surface area contributed by atoms with E-state index in [1.165, 1.54) is 6.08 Å². The van der Waals surface area contributed by atoms with Crippen molar-refractivity contribution < 1.29 is 9.53 Å². The number of carbonyl (C=O) groups excluding carboxylic acids is 1. The summed E-state index contributed by atoms with van der Waals surface area (Å²) in [5.74, 6) is -0.330. The van der Waals surface area contributed by atoms with Gasteiger partial charge in [-0.05, 0) is 66.1 Å². The Labute approximate surface area is 216 Å². The van der Waals surface area contributed by atoms with Gasteiger partial charge in [-0.3, -0.25) is 4.79 Å². The SMILES string of the molecule is Cc1ccc(NC(=O)/C(C#N)=C\c2cc(Cl)c(OCc3ccc(Cl)c(Cl)c3)c(Cl)c2)cc1Cl. The highest BCUT2D eigenvalue weighted by Crippen LogP contribution is 2.36. The van der Waals surface area contributed by atoms with E-state index in [4.69, 9.17) is 62.7 Å². The summed E-state index contributed by atoms with van der Waals surface area (Å²) in [7, 11) is 0. The number of hydrogen-bond acceptors (Lipinski definition) is 3. The zero-order valence-electron chi connectivity index (χ0n) is 17.1. The molecule has 4 nitrogen and oxygen atoms in total. The number of nitrogens with zero attached hydrogens (tertiary/aromatic N) is 1. The normalized spacial score (nSPS) is 11.1. The quantitative estimate of drug-likeness (QED) is 0.252. The molecule has 9 heteroatoms. The van der Waals surface area contributed by atoms with E-state index in [-0.39, 0.29) is 28.0 Å². The van der Waals surface area contributed by atoms with E-state index in [2.05, 4.69) is 5.32 Å². The van der Waals surface area contributed by atoms with Crippen molar-refractivity contribution in [3.63, 3.8) is 0 Å². The molecular formula is C24H15Cl5N2O2. The molecule has 168 valence electrons. The molecule has 0 aliphatic rings. The lowest BCUT2D eigenvalue weighted by Gasteiger charge is -2.12. The van der Waals surface area contributed by atoms with Gasteiger partial charge in [-0.15, -0.1) is 0 Å². The van der Waals surface area contributed by atoms with Gasteiger partial charge < -0.3 is 10.1 Å². The molecule has 0 aliphatic heterocycles. The summed E-state index contributed by atoms with van der Waals surface area (Å²) in [6.45, 7) is 2.01. The van der Waals surface area contributed by atoms with Gasteiger partial charge in [0.25, 0.3) is 5.91 Å². The average molecular weight is 541 g/mol. The summed E-state index contributed by atoms with van der Waals surface area (Å²) in [6.07, 6.45) is 1.38. The van der Waals surface area contributed by atoms with Gasteiger partial charge in [-0.1, -0.05) is 70.1 Å². The van der Waals surface area contributed by atoms with Crippen molar-refractivity contribution in [3.8, 4) is 11.8 Å². The van der Waals surface area contributed by atoms with Crippen molar-refractivity contribution in [2.75, 3.05) is 5.32 Å². The second kappa shape index (κ2) is 11.2. The van der Waals surface area contributed by atoms with Gasteiger partial charge >= 0.3 is 0 Å². The number of nitrogens with one attached hydrogen (secondary N) is 1. The van der Waals surface area contributed by atoms with Gasteiger partial charge in [0.2, 0.25) is 0 Å². The Kier molecular flexibility index (Phi) is 8.53. The number of aryl methyl sites for hydroxylation is 1. The van der Waals surface area contributed by atoms with Crippen LogP contribution in [0.25, 0.3) is 6.08 Å². The Morgan fingerprint density at radius 1 is 0.939 bits per heavy atom. The van der Waals surface area contributed by atoms with Crippen molar-refractivity contribution in [2.24, 2.45) is 0 Å². The third-order valence-electron chi connectivity index (χ3n) is 4.49. The highest BCUT2D eigenvalue weighted by Gasteiger charge is 2.14. The highest BCUT2D eigenvalue weighted by molar-refractivity contribution is 6.42. The Morgan fingerprint density at radius 2 is 1.64 bits per heavy atom. The number of hydrogen-bond donors (Lipinski definition) is 1. The summed E-state index contributed by atoms with van der Waals surface area (Å²) < 4.78 is 5.74. The molecule has 0 aromatic heterocycles. The Bertz CT molecular complexity index is 1280. The van der Waals surface area contributed by atoms with E-state index < -0.39 is 5.91 Å². The molecule has 0 bridgehead atoms. The maximum atomic E-state index is 12.5. The number of amides is 1. The zero-order chi connectivity index (χ0) is 24.1. The molecule has 1 N–H and O–H groups in total. The number of rotatable bonds is 6. The third-order valence-corrected chi connectivity index (χ3v) is 6.20. The molecule has 0 saturated carbocycles. The minimum Gasteiger partial charge on any atom is -0.486 e. The smallest absolute Gasteiger partial charge is 0.266 e. The van der Waals surface area contributed by atoms with E-state index in [1.807, 2.05) is 13.0 Å². The Balaban J connectivity index is 1.77. The standard InChI is InChI=1S/C24H15Cl5N2O2/c1-13-2-4-17(10-19(13)26)31-24(32)16(11-30)6-15-8-21(28)23(22(29)9-15)33-12-14-3-5-18(25)20(27)7-14/h2-10H,12H2,1H3,(H,31,32)/b16-6-. The van der Waals surface area contributed by atoms with Crippen LogP contribution in [-0.4, -0.2) is 5.91 Å². The van der Waals surface area contributed by atoms with Gasteiger partial charge in [0.15, 0.2) is 5.75 Å². The second-order valence-electron chi connectivity index (χ2n) is 6.94. The van der Waals surface area contributed by atoms with Gasteiger partial charge in [0.05, 0.1) is 20.1 Å². The van der Waals surface area contributed by atoms with Crippen molar-refractivity contribution >= 4 is 75.7 Å². The predicted molar refractivity (Wildman–Crippen MR) is 136 cm³/mol. The van der Waals surface area contributed by atoms with E-state index in [0.717, 1.165) is 11.1 Å². The molecule has 1 amide bonds. The first-order valence-corrected chi connectivity index (χ1v) is 11.3. The summed E-state index contributed by atoms with van der Waals surface area (Å²) in [6, 6.07) is 15.2. The maximum Gasteiger partial charge on any atom is 0.266 e. The average Bonchev–Trinajstić information content (AvgIpc) is 2.76. The van der Waals surface area contributed by atoms with Crippen molar-refractivity contribution in [2.45, 2.75) is 13.5 Å². The maximum absolute atomic E-state index is 12.5. The van der Waals surface area contributed by atoms with Crippen LogP contribution in [0.2, 0.25) is 25.1 Å². The van der Waals surface area contributed by atoms with Crippen LogP contribution < -0.4 is 10.1 Å². The molecule has 0 spiro atoms. The number of anilines is 1. The van der Waals surface area contributed by atoms with Gasteiger partial charge in [0.1, 0.15) is 18.2 Å². The molecule has 0 radical (unpaired) electrons. The second-order valence-corrected chi connectivity index (χ2v) is 8.97. The highest BCUT2D eigenvalue weighted by atomic mass is 35.5. The van der Waals surface area contributed by atoms with E-state index in [0.29, 0.717) is 26.3 Å². The molecule has 0 heterocycles. The first-order valence-electron chi connectivity index (χ1n) is 9.43. The first kappa shape index (κ1) is 25.2. The molecule has 3 aromatic rings. The van der Waals surface area contributed by atoms with E-state index >= 15 is 0 Å². The fraction of sp³-hybridized carbons (Fsp3) is 0.0833. The Hall–Kier alpha value is -2.39. The molecule has 0 fully saturated rings. The number of halogens is 5. The lowest BCUT2D eigenvalue weighted by atomic mass is 10.1. The molecule has 0 aliphatic carbocycles. The first-order chi connectivity index (χ1) is 15.7. The summed E-state index contributed by atoms with van der Waals surface area (Å²) in [5, 5.41) is 13.9. The van der Waals surface area contributed by atoms with Crippen LogP contribution in [0.3, 0.4) is 0 Å². The number of ether oxygens (including phenoxy) is 1. The van der Waals surface area contributed by atoms with Crippen LogP contribution in [0, 0.1) is 18.3 Å². The van der Waals surface area contributed by atoms with Crippen molar-refractivity contribution in [1.29, 1.82) is 5.26 Å². The number of carbonyl (C=O) groups is 1. The molecular weight excluding hydrogens is 526 g/mol. The molecule has 3 aromatic carbocycles. The molecule has 0 saturated heterocycles. The summed E-state index contributed by atoms with van der Waals surface area (Å²) in [5.41, 5.74) is 2.44. The summed E-state index contributed by atoms with van der Waals surface area (Å²) in [4.78, 5) is 12.5. The molecule has 0 atom stereocenters. The molecule has 33 heavy (non-hydrogen) atoms. The fourth-order valence-electron chi connectivity index (χ4n) is 2.77. The van der Waals surface area contributed by atoms with Gasteiger partial charge in [0, 0.05) is 10.7 Å². The van der Waals surface area contributed by atoms with Gasteiger partial charge in [-0.25, -0.2) is 0 Å². The largest absolute Gasteiger partial charge is 0.486 e. The van der Waals surface area contributed by atoms with Crippen molar-refractivity contribution in [1.82, 2.24) is 0 Å². The van der Waals surface area contributed by atoms with Crippen molar-refractivity contribution in [3.05, 3.63) is 95.9 Å². The fourth-order valence-corrected chi connectivity index (χ4v) is 3.88. The van der Waals surface area contributed by atoms with Crippen LogP contribution in [0.4, 0.5) is 5.69 Å². The van der Waals surface area contributed by atoms with Crippen LogP contribution in [-0.2, 0) is 11.4 Å². The Morgan fingerprint density at radius 3 is 2.24 bits per heavy atom. The molecule has 3 rings (SSSR count). The number of benzene rings is 3. The minimum absolute atomic E-state index is 0.136. The van der Waals surface area contributed by atoms with E-state index in [9.17, 15) is 10.1 Å². The lowest BCUT2D eigenvalue weighted by molar-refractivity contribution is -0.112. The minimum atomic E-state index is -0.593. The number of nitriles is 1. The van der Waals surface area contributed by atoms with Crippen LogP contribution in [0.1, 0.15) is 16.7 Å². The topological polar surface area (TPSA) is 62.1 Å². The monoisotopic (exact) mass is 538 g/mol. The summed E-state index contributed by atoms with van der Waals surface area (Å²) >= 11 is 30.7. The predicted octanol–water partition coefficient (Wildman–Crippen LogP) is 8.39. The van der Waals surface area contributed by atoms with Crippen LogP contribution in [0.15, 0.2) is 54.1 Å². The van der Waals surface area contributed by atoms with Crippen LogP contribution in [0.5, 0.6) is 5.75 Å². The van der Waals surface area contributed by atoms with E-state index in [1.54, 1.807) is 48.5 Å². The lowest BCUT2D eigenvalue weighted by Crippen LogP contribution is -2.13. The van der Waals surface area contributed by atoms with Gasteiger partial charge in [-0.2, -0.15) is 5.26 Å². The van der Waals surface area contributed by atoms with Crippen LogP contribution >= 0.6 is 58.0 Å². The third kappa shape index (κ3) is 6.57. The molecule has 0 unspecified atom stereocenters. The zero-order valence-corrected chi connectivity index (χ0v) is 20.8.